The highest BCUT2D eigenvalue weighted by atomic mass is 16.1. The van der Waals surface area contributed by atoms with Crippen molar-refractivity contribution in [3.05, 3.63) is 35.4 Å². The lowest BCUT2D eigenvalue weighted by Crippen LogP contribution is -3.04. The zero-order chi connectivity index (χ0) is 8.97. The average molecular weight is 164 g/mol. The summed E-state index contributed by atoms with van der Waals surface area (Å²) in [6.45, 7) is 0.999. The summed E-state index contributed by atoms with van der Waals surface area (Å²) >= 11 is 0. The fraction of sp³-hybridized carbons (Fsp3) is 0.300. The van der Waals surface area contributed by atoms with Crippen molar-refractivity contribution in [3.63, 3.8) is 0 Å². The van der Waals surface area contributed by atoms with Crippen LogP contribution in [0.4, 0.5) is 0 Å². The Morgan fingerprint density at radius 2 is 1.83 bits per heavy atom. The molecule has 0 atom stereocenters. The molecule has 0 spiro atoms. The van der Waals surface area contributed by atoms with E-state index in [0.717, 1.165) is 18.4 Å². The Kier molecular flexibility index (Phi) is 3.00. The minimum absolute atomic E-state index is 0.743. The second kappa shape index (κ2) is 4.02. The van der Waals surface area contributed by atoms with Crippen LogP contribution in [0.15, 0.2) is 24.3 Å². The topological polar surface area (TPSA) is 21.5 Å². The molecule has 0 bridgehead atoms. The first kappa shape index (κ1) is 8.94. The monoisotopic (exact) mass is 164 g/mol. The van der Waals surface area contributed by atoms with E-state index in [-0.39, 0.29) is 0 Å². The van der Waals surface area contributed by atoms with Crippen molar-refractivity contribution in [2.45, 2.75) is 6.54 Å². The number of carbonyl (C=O) groups excluding carboxylic acids is 1. The molecule has 0 aliphatic rings. The summed E-state index contributed by atoms with van der Waals surface area (Å²) in [4.78, 5) is 11.7. The Hall–Kier alpha value is -1.15. The summed E-state index contributed by atoms with van der Waals surface area (Å²) in [6, 6.07) is 7.70. The van der Waals surface area contributed by atoms with Gasteiger partial charge in [-0.2, -0.15) is 0 Å². The molecule has 0 aromatic heterocycles. The van der Waals surface area contributed by atoms with E-state index in [2.05, 4.69) is 14.1 Å². The summed E-state index contributed by atoms with van der Waals surface area (Å²) in [6.07, 6.45) is 0.867. The molecule has 0 heterocycles. The summed E-state index contributed by atoms with van der Waals surface area (Å²) in [5.74, 6) is 0. The number of carbonyl (C=O) groups is 1. The van der Waals surface area contributed by atoms with Crippen LogP contribution < -0.4 is 4.90 Å². The maximum absolute atomic E-state index is 10.3. The molecule has 1 aromatic carbocycles. The highest BCUT2D eigenvalue weighted by Crippen LogP contribution is 2.00. The third-order valence-electron chi connectivity index (χ3n) is 1.67. The van der Waals surface area contributed by atoms with Crippen molar-refractivity contribution in [1.82, 2.24) is 0 Å². The second-order valence-electron chi connectivity index (χ2n) is 3.24. The van der Waals surface area contributed by atoms with Gasteiger partial charge in [0.1, 0.15) is 12.8 Å². The second-order valence-corrected chi connectivity index (χ2v) is 3.24. The quantitative estimate of drug-likeness (QED) is 0.631. The molecule has 0 saturated heterocycles. The van der Waals surface area contributed by atoms with Gasteiger partial charge in [0, 0.05) is 11.1 Å². The maximum Gasteiger partial charge on any atom is 0.150 e. The largest absolute Gasteiger partial charge is 0.336 e. The van der Waals surface area contributed by atoms with Gasteiger partial charge in [0.2, 0.25) is 0 Å². The molecule has 12 heavy (non-hydrogen) atoms. The Morgan fingerprint density at radius 1 is 1.25 bits per heavy atom. The summed E-state index contributed by atoms with van der Waals surface area (Å²) in [7, 11) is 4.21. The van der Waals surface area contributed by atoms with Crippen molar-refractivity contribution < 1.29 is 9.69 Å². The van der Waals surface area contributed by atoms with Gasteiger partial charge < -0.3 is 4.90 Å². The predicted molar refractivity (Wildman–Crippen MR) is 48.3 cm³/mol. The molecule has 0 aliphatic heterocycles. The molecule has 0 fully saturated rings. The smallest absolute Gasteiger partial charge is 0.150 e. The van der Waals surface area contributed by atoms with Gasteiger partial charge in [-0.15, -0.1) is 0 Å². The van der Waals surface area contributed by atoms with Crippen molar-refractivity contribution in [2.24, 2.45) is 0 Å². The minimum atomic E-state index is 0.743. The number of hydrogen-bond donors (Lipinski definition) is 1. The molecule has 0 saturated carbocycles. The summed E-state index contributed by atoms with van der Waals surface area (Å²) < 4.78 is 0. The predicted octanol–water partition coefficient (Wildman–Crippen LogP) is 0.144. The Bertz CT molecular complexity index is 251. The lowest BCUT2D eigenvalue weighted by atomic mass is 10.1. The molecule has 1 rings (SSSR count). The van der Waals surface area contributed by atoms with Crippen LogP contribution in [0.1, 0.15) is 15.9 Å². The van der Waals surface area contributed by atoms with Gasteiger partial charge in [-0.1, -0.05) is 24.3 Å². The Labute approximate surface area is 72.8 Å². The first-order valence-electron chi connectivity index (χ1n) is 4.05. The number of quaternary nitrogens is 1. The van der Waals surface area contributed by atoms with Gasteiger partial charge in [-0.25, -0.2) is 0 Å². The van der Waals surface area contributed by atoms with Gasteiger partial charge in [0.25, 0.3) is 0 Å². The van der Waals surface area contributed by atoms with Crippen LogP contribution >= 0.6 is 0 Å². The number of nitrogens with one attached hydrogen (secondary N) is 1. The number of hydrogen-bond acceptors (Lipinski definition) is 1. The van der Waals surface area contributed by atoms with Crippen LogP contribution in [0.2, 0.25) is 0 Å². The fourth-order valence-electron chi connectivity index (χ4n) is 1.12. The van der Waals surface area contributed by atoms with Gasteiger partial charge in [-0.05, 0) is 0 Å². The highest BCUT2D eigenvalue weighted by Gasteiger charge is 1.96. The van der Waals surface area contributed by atoms with Crippen LogP contribution in [0.25, 0.3) is 0 Å². The standard InChI is InChI=1S/C10H13NO/c1-11(2)7-9-3-5-10(8-12)6-4-9/h3-6,8H,7H2,1-2H3/p+1. The van der Waals surface area contributed by atoms with E-state index >= 15 is 0 Å². The molecule has 0 unspecified atom stereocenters. The number of aldehydes is 1. The van der Waals surface area contributed by atoms with Crippen molar-refractivity contribution in [3.8, 4) is 0 Å². The summed E-state index contributed by atoms with van der Waals surface area (Å²) in [5.41, 5.74) is 2.01. The first-order chi connectivity index (χ1) is 5.72. The molecular weight excluding hydrogens is 150 g/mol. The third kappa shape index (κ3) is 2.47. The molecular formula is C10H14NO+. The SMILES string of the molecule is C[NH+](C)Cc1ccc(C=O)cc1. The van der Waals surface area contributed by atoms with Crippen LogP contribution in [0.5, 0.6) is 0 Å². The van der Waals surface area contributed by atoms with Crippen LogP contribution in [-0.2, 0) is 6.54 Å². The first-order valence-corrected chi connectivity index (χ1v) is 4.05. The van der Waals surface area contributed by atoms with Crippen molar-refractivity contribution in [1.29, 1.82) is 0 Å². The fourth-order valence-corrected chi connectivity index (χ4v) is 1.12. The zero-order valence-electron chi connectivity index (χ0n) is 7.50. The summed E-state index contributed by atoms with van der Waals surface area (Å²) in [5, 5.41) is 0. The lowest BCUT2D eigenvalue weighted by molar-refractivity contribution is -0.872. The molecule has 2 heteroatoms. The normalized spacial score (nSPS) is 10.2. The molecule has 1 aromatic rings. The van der Waals surface area contributed by atoms with E-state index in [9.17, 15) is 4.79 Å². The van der Waals surface area contributed by atoms with E-state index in [1.54, 1.807) is 0 Å². The van der Waals surface area contributed by atoms with Crippen LogP contribution in [0, 0.1) is 0 Å². The average Bonchev–Trinajstić information content (AvgIpc) is 2.05. The van der Waals surface area contributed by atoms with Crippen LogP contribution in [-0.4, -0.2) is 20.4 Å². The van der Waals surface area contributed by atoms with Gasteiger partial charge in [-0.3, -0.25) is 4.79 Å². The molecule has 2 nitrogen and oxygen atoms in total. The van der Waals surface area contributed by atoms with E-state index in [1.165, 1.54) is 10.5 Å². The molecule has 0 amide bonds. The molecule has 0 radical (unpaired) electrons. The van der Waals surface area contributed by atoms with E-state index < -0.39 is 0 Å². The van der Waals surface area contributed by atoms with Gasteiger partial charge in [0.05, 0.1) is 14.1 Å². The molecule has 64 valence electrons. The number of benzene rings is 1. The number of rotatable bonds is 3. The zero-order valence-corrected chi connectivity index (χ0v) is 7.50. The van der Waals surface area contributed by atoms with Crippen molar-refractivity contribution in [2.75, 3.05) is 14.1 Å². The van der Waals surface area contributed by atoms with Crippen molar-refractivity contribution >= 4 is 6.29 Å². The maximum atomic E-state index is 10.3. The lowest BCUT2D eigenvalue weighted by Gasteiger charge is -2.06. The van der Waals surface area contributed by atoms with Crippen LogP contribution in [0.3, 0.4) is 0 Å². The third-order valence-corrected chi connectivity index (χ3v) is 1.67. The Morgan fingerprint density at radius 3 is 2.25 bits per heavy atom. The van der Waals surface area contributed by atoms with E-state index in [1.807, 2.05) is 24.3 Å². The van der Waals surface area contributed by atoms with E-state index in [0.29, 0.717) is 0 Å². The van der Waals surface area contributed by atoms with Gasteiger partial charge >= 0.3 is 0 Å². The molecule has 0 aliphatic carbocycles. The van der Waals surface area contributed by atoms with E-state index in [4.69, 9.17) is 0 Å². The highest BCUT2D eigenvalue weighted by molar-refractivity contribution is 5.74. The minimum Gasteiger partial charge on any atom is -0.336 e. The Balaban J connectivity index is 2.71. The van der Waals surface area contributed by atoms with Gasteiger partial charge in [0.15, 0.2) is 0 Å². The molecule has 1 N–H and O–H groups in total.